The molecular weight excluding hydrogens is 468 g/mol. The Labute approximate surface area is 199 Å². The zero-order chi connectivity index (χ0) is 25.1. The second kappa shape index (κ2) is 12.6. The number of carbonyl (C=O) groups is 2. The molecule has 0 aliphatic carbocycles. The van der Waals surface area contributed by atoms with Gasteiger partial charge in [0.05, 0.1) is 42.6 Å². The normalized spacial score (nSPS) is 9.88. The van der Waals surface area contributed by atoms with Crippen LogP contribution in [0.15, 0.2) is 36.4 Å². The van der Waals surface area contributed by atoms with Gasteiger partial charge in [0.25, 0.3) is 5.91 Å². The zero-order valence-corrected chi connectivity index (χ0v) is 18.8. The van der Waals surface area contributed by atoms with Gasteiger partial charge in [-0.1, -0.05) is 11.6 Å². The molecule has 0 aliphatic rings. The number of carbonyl (C=O) groups excluding carboxylic acids is 2. The lowest BCUT2D eigenvalue weighted by molar-refractivity contribution is -0.385. The Morgan fingerprint density at radius 2 is 1.71 bits per heavy atom. The summed E-state index contributed by atoms with van der Waals surface area (Å²) in [5.41, 5.74) is -0.308. The minimum absolute atomic E-state index is 0.0446. The minimum atomic E-state index is -0.823. The first-order valence-electron chi connectivity index (χ1n) is 9.79. The molecule has 0 fully saturated rings. The molecule has 12 heteroatoms. The van der Waals surface area contributed by atoms with Crippen molar-refractivity contribution in [1.82, 2.24) is 4.90 Å². The third kappa shape index (κ3) is 7.08. The average molecular weight is 487 g/mol. The van der Waals surface area contributed by atoms with Crippen LogP contribution in [0.3, 0.4) is 0 Å². The van der Waals surface area contributed by atoms with E-state index in [9.17, 15) is 19.7 Å². The molecule has 0 unspecified atom stereocenters. The molecule has 0 saturated carbocycles. The van der Waals surface area contributed by atoms with Gasteiger partial charge in [-0.2, -0.15) is 10.5 Å². The van der Waals surface area contributed by atoms with Gasteiger partial charge in [0.15, 0.2) is 18.1 Å². The second-order valence-corrected chi connectivity index (χ2v) is 7.05. The summed E-state index contributed by atoms with van der Waals surface area (Å²) in [5.74, 6) is -1.25. The van der Waals surface area contributed by atoms with Crippen molar-refractivity contribution in [3.05, 3.63) is 57.1 Å². The summed E-state index contributed by atoms with van der Waals surface area (Å²) in [6.07, 6.45) is 0.158. The highest BCUT2D eigenvalue weighted by atomic mass is 35.5. The Morgan fingerprint density at radius 1 is 1.06 bits per heavy atom. The van der Waals surface area contributed by atoms with Crippen molar-refractivity contribution in [2.24, 2.45) is 0 Å². The molecule has 0 N–H and O–H groups in total. The van der Waals surface area contributed by atoms with Gasteiger partial charge in [0.1, 0.15) is 0 Å². The molecule has 2 aromatic carbocycles. The molecule has 0 saturated heterocycles. The van der Waals surface area contributed by atoms with E-state index in [1.54, 1.807) is 0 Å². The molecule has 2 aromatic rings. The Balaban J connectivity index is 2.12. The Morgan fingerprint density at radius 3 is 2.29 bits per heavy atom. The number of nitro groups is 1. The number of halogens is 1. The van der Waals surface area contributed by atoms with Gasteiger partial charge in [-0.3, -0.25) is 14.9 Å². The fourth-order valence-corrected chi connectivity index (χ4v) is 2.92. The van der Waals surface area contributed by atoms with E-state index in [1.165, 1.54) is 42.3 Å². The lowest BCUT2D eigenvalue weighted by Crippen LogP contribution is -2.36. The third-order valence-electron chi connectivity index (χ3n) is 4.40. The van der Waals surface area contributed by atoms with E-state index in [-0.39, 0.29) is 59.5 Å². The number of rotatable bonds is 11. The Hall–Kier alpha value is -4.35. The number of hydrogen-bond donors (Lipinski definition) is 0. The van der Waals surface area contributed by atoms with E-state index < -0.39 is 23.4 Å². The number of hydrogen-bond acceptors (Lipinski definition) is 9. The van der Waals surface area contributed by atoms with Crippen LogP contribution in [-0.4, -0.2) is 48.5 Å². The molecule has 176 valence electrons. The van der Waals surface area contributed by atoms with Crippen LogP contribution in [-0.2, 0) is 9.53 Å². The first kappa shape index (κ1) is 25.9. The number of methoxy groups -OCH3 is 1. The van der Waals surface area contributed by atoms with Crippen molar-refractivity contribution in [1.29, 1.82) is 10.5 Å². The molecule has 34 heavy (non-hydrogen) atoms. The number of nitro benzene ring substituents is 1. The molecular formula is C22H19ClN4O7. The van der Waals surface area contributed by atoms with E-state index in [0.29, 0.717) is 0 Å². The maximum atomic E-state index is 12.4. The topological polar surface area (TPSA) is 156 Å². The highest BCUT2D eigenvalue weighted by Gasteiger charge is 2.20. The van der Waals surface area contributed by atoms with E-state index in [2.05, 4.69) is 0 Å². The van der Waals surface area contributed by atoms with Gasteiger partial charge in [0, 0.05) is 24.2 Å². The molecule has 11 nitrogen and oxygen atoms in total. The van der Waals surface area contributed by atoms with Crippen LogP contribution in [0, 0.1) is 32.8 Å². The van der Waals surface area contributed by atoms with Crippen molar-refractivity contribution in [3.63, 3.8) is 0 Å². The van der Waals surface area contributed by atoms with E-state index in [1.807, 2.05) is 12.1 Å². The molecule has 0 aromatic heterocycles. The van der Waals surface area contributed by atoms with Crippen LogP contribution in [0.5, 0.6) is 17.2 Å². The van der Waals surface area contributed by atoms with Gasteiger partial charge in [0.2, 0.25) is 5.75 Å². The van der Waals surface area contributed by atoms with Gasteiger partial charge in [-0.05, 0) is 30.3 Å². The smallest absolute Gasteiger partial charge is 0.338 e. The van der Waals surface area contributed by atoms with E-state index in [0.717, 1.165) is 6.07 Å². The summed E-state index contributed by atoms with van der Waals surface area (Å²) in [5, 5.41) is 28.8. The number of nitriles is 2. The number of nitrogens with zero attached hydrogens (tertiary/aromatic N) is 4. The summed E-state index contributed by atoms with van der Waals surface area (Å²) >= 11 is 5.81. The largest absolute Gasteiger partial charge is 0.493 e. The number of esters is 1. The van der Waals surface area contributed by atoms with Crippen molar-refractivity contribution >= 4 is 29.2 Å². The van der Waals surface area contributed by atoms with Crippen molar-refractivity contribution < 1.29 is 28.7 Å². The maximum Gasteiger partial charge on any atom is 0.338 e. The van der Waals surface area contributed by atoms with Crippen LogP contribution >= 0.6 is 11.6 Å². The molecule has 0 spiro atoms. The van der Waals surface area contributed by atoms with Crippen LogP contribution < -0.4 is 9.47 Å². The van der Waals surface area contributed by atoms with Gasteiger partial charge >= 0.3 is 11.7 Å². The van der Waals surface area contributed by atoms with Crippen LogP contribution in [0.1, 0.15) is 23.2 Å². The van der Waals surface area contributed by atoms with Crippen molar-refractivity contribution in [3.8, 4) is 29.4 Å². The highest BCUT2D eigenvalue weighted by molar-refractivity contribution is 6.30. The molecule has 0 aliphatic heterocycles. The predicted molar refractivity (Wildman–Crippen MR) is 118 cm³/mol. The summed E-state index contributed by atoms with van der Waals surface area (Å²) in [6, 6.07) is 11.7. The van der Waals surface area contributed by atoms with Gasteiger partial charge < -0.3 is 19.1 Å². The fourth-order valence-electron chi connectivity index (χ4n) is 2.75. The highest BCUT2D eigenvalue weighted by Crippen LogP contribution is 2.38. The minimum Gasteiger partial charge on any atom is -0.493 e. The second-order valence-electron chi connectivity index (χ2n) is 6.61. The van der Waals surface area contributed by atoms with Crippen LogP contribution in [0.4, 0.5) is 5.69 Å². The number of benzene rings is 2. The summed E-state index contributed by atoms with van der Waals surface area (Å²) in [6.45, 7) is -0.344. The first-order chi connectivity index (χ1) is 16.3. The first-order valence-corrected chi connectivity index (χ1v) is 10.2. The standard InChI is InChI=1S/C22H19ClN4O7/c1-32-20-12-15(22(29)33-14-21(28)26(10-2-8-24)11-3-9-25)4-6-19(20)34-18-7-5-16(23)13-17(18)27(30)31/h4-7,12-13H,2-3,10-11,14H2,1H3. The molecule has 0 heterocycles. The van der Waals surface area contributed by atoms with E-state index in [4.69, 9.17) is 36.3 Å². The number of ether oxygens (including phenoxy) is 3. The van der Waals surface area contributed by atoms with Crippen molar-refractivity contribution in [2.45, 2.75) is 12.8 Å². The van der Waals surface area contributed by atoms with Gasteiger partial charge in [-0.15, -0.1) is 0 Å². The predicted octanol–water partition coefficient (Wildman–Crippen LogP) is 3.86. The zero-order valence-electron chi connectivity index (χ0n) is 18.0. The monoisotopic (exact) mass is 486 g/mol. The lowest BCUT2D eigenvalue weighted by Gasteiger charge is -2.20. The lowest BCUT2D eigenvalue weighted by atomic mass is 10.2. The van der Waals surface area contributed by atoms with E-state index >= 15 is 0 Å². The SMILES string of the molecule is COc1cc(C(=O)OCC(=O)N(CCC#N)CCC#N)ccc1Oc1ccc(Cl)cc1[N+](=O)[O-]. The van der Waals surface area contributed by atoms with Crippen molar-refractivity contribution in [2.75, 3.05) is 26.8 Å². The number of amides is 1. The Kier molecular flexibility index (Phi) is 9.62. The van der Waals surface area contributed by atoms with Crippen LogP contribution in [0.2, 0.25) is 5.02 Å². The summed E-state index contributed by atoms with van der Waals surface area (Å²) in [4.78, 5) is 36.6. The van der Waals surface area contributed by atoms with Crippen LogP contribution in [0.25, 0.3) is 0 Å². The summed E-state index contributed by atoms with van der Waals surface area (Å²) < 4.78 is 15.9. The fraction of sp³-hybridized carbons (Fsp3) is 0.273. The van der Waals surface area contributed by atoms with Gasteiger partial charge in [-0.25, -0.2) is 4.79 Å². The molecule has 0 atom stereocenters. The summed E-state index contributed by atoms with van der Waals surface area (Å²) in [7, 11) is 1.32. The maximum absolute atomic E-state index is 12.4. The molecule has 0 radical (unpaired) electrons. The molecule has 0 bridgehead atoms. The Bertz CT molecular complexity index is 1140. The molecule has 1 amide bonds. The quantitative estimate of drug-likeness (QED) is 0.261. The average Bonchev–Trinajstić information content (AvgIpc) is 2.83. The third-order valence-corrected chi connectivity index (χ3v) is 4.64. The molecule has 2 rings (SSSR count).